The van der Waals surface area contributed by atoms with Crippen LogP contribution in [0.3, 0.4) is 0 Å². The number of carbonyl (C=O) groups excluding carboxylic acids is 3. The summed E-state index contributed by atoms with van der Waals surface area (Å²) in [6.45, 7) is 4.66. The van der Waals surface area contributed by atoms with Crippen LogP contribution >= 0.6 is 34.5 Å². The molecule has 7 nitrogen and oxygen atoms in total. The van der Waals surface area contributed by atoms with Crippen molar-refractivity contribution in [2.45, 2.75) is 26.7 Å². The highest BCUT2D eigenvalue weighted by atomic mass is 35.5. The van der Waals surface area contributed by atoms with Crippen molar-refractivity contribution in [2.24, 2.45) is 5.92 Å². The van der Waals surface area contributed by atoms with Gasteiger partial charge in [-0.15, -0.1) is 11.3 Å². The standard InChI is InChI=1S/C26H28Cl2N4O3S/c1-17(2)14-32(25(35)21-9-8-19(27)12-22(21)28)15-24(34)31-26-30-20(16-36-26)13-23(33)29-11-10-18-6-4-3-5-7-18/h3-9,12,16-17H,10-11,13-15H2,1-2H3,(H,29,33)(H,30,31,34). The molecule has 0 aliphatic rings. The van der Waals surface area contributed by atoms with E-state index >= 15 is 0 Å². The number of nitrogens with zero attached hydrogens (tertiary/aromatic N) is 2. The summed E-state index contributed by atoms with van der Waals surface area (Å²) in [5, 5.41) is 8.36. The lowest BCUT2D eigenvalue weighted by Gasteiger charge is -2.24. The zero-order valence-electron chi connectivity index (χ0n) is 20.1. The van der Waals surface area contributed by atoms with E-state index in [4.69, 9.17) is 23.2 Å². The van der Waals surface area contributed by atoms with Crippen molar-refractivity contribution in [3.8, 4) is 0 Å². The van der Waals surface area contributed by atoms with E-state index in [-0.39, 0.29) is 47.2 Å². The van der Waals surface area contributed by atoms with Crippen molar-refractivity contribution >= 4 is 57.4 Å². The molecule has 0 bridgehead atoms. The molecular formula is C26H28Cl2N4O3S. The predicted octanol–water partition coefficient (Wildman–Crippen LogP) is 5.09. The second-order valence-electron chi connectivity index (χ2n) is 8.66. The van der Waals surface area contributed by atoms with Crippen molar-refractivity contribution in [2.75, 3.05) is 25.0 Å². The molecule has 0 radical (unpaired) electrons. The molecule has 3 amide bonds. The van der Waals surface area contributed by atoms with Gasteiger partial charge in [0.05, 0.1) is 22.7 Å². The third-order valence-electron chi connectivity index (χ3n) is 5.09. The minimum Gasteiger partial charge on any atom is -0.355 e. The Bertz CT molecular complexity index is 1200. The molecule has 0 aliphatic carbocycles. The Morgan fingerprint density at radius 1 is 1.06 bits per heavy atom. The molecule has 0 atom stereocenters. The zero-order valence-corrected chi connectivity index (χ0v) is 22.4. The number of hydrogen-bond acceptors (Lipinski definition) is 5. The molecule has 0 aliphatic heterocycles. The Balaban J connectivity index is 1.53. The van der Waals surface area contributed by atoms with Crippen LogP contribution in [0.1, 0.15) is 35.5 Å². The van der Waals surface area contributed by atoms with Crippen molar-refractivity contribution in [1.29, 1.82) is 0 Å². The van der Waals surface area contributed by atoms with Crippen LogP contribution in [0, 0.1) is 5.92 Å². The lowest BCUT2D eigenvalue weighted by atomic mass is 10.1. The second-order valence-corrected chi connectivity index (χ2v) is 10.4. The minimum atomic E-state index is -0.387. The number of aromatic nitrogens is 1. The molecule has 3 aromatic rings. The van der Waals surface area contributed by atoms with E-state index in [1.165, 1.54) is 22.3 Å². The maximum atomic E-state index is 13.1. The van der Waals surface area contributed by atoms with Gasteiger partial charge in [-0.1, -0.05) is 67.4 Å². The first-order chi connectivity index (χ1) is 17.2. The van der Waals surface area contributed by atoms with Crippen LogP contribution in [0.5, 0.6) is 0 Å². The van der Waals surface area contributed by atoms with Gasteiger partial charge in [0.2, 0.25) is 11.8 Å². The normalized spacial score (nSPS) is 10.8. The van der Waals surface area contributed by atoms with E-state index in [0.29, 0.717) is 28.9 Å². The molecule has 0 unspecified atom stereocenters. The van der Waals surface area contributed by atoms with Crippen LogP contribution in [0.2, 0.25) is 10.0 Å². The summed E-state index contributed by atoms with van der Waals surface area (Å²) in [6, 6.07) is 14.6. The van der Waals surface area contributed by atoms with Gasteiger partial charge < -0.3 is 15.5 Å². The monoisotopic (exact) mass is 546 g/mol. The third-order valence-corrected chi connectivity index (χ3v) is 6.44. The smallest absolute Gasteiger partial charge is 0.255 e. The molecule has 0 fully saturated rings. The van der Waals surface area contributed by atoms with Crippen molar-refractivity contribution in [3.63, 3.8) is 0 Å². The number of halogens is 2. The summed E-state index contributed by atoms with van der Waals surface area (Å²) in [7, 11) is 0. The van der Waals surface area contributed by atoms with Gasteiger partial charge in [0.15, 0.2) is 5.13 Å². The number of anilines is 1. The summed E-state index contributed by atoms with van der Waals surface area (Å²) in [6.07, 6.45) is 0.867. The number of rotatable bonds is 11. The van der Waals surface area contributed by atoms with Crippen molar-refractivity contribution < 1.29 is 14.4 Å². The molecule has 0 spiro atoms. The fourth-order valence-electron chi connectivity index (χ4n) is 3.49. The van der Waals surface area contributed by atoms with Crippen LogP contribution in [0.4, 0.5) is 5.13 Å². The SMILES string of the molecule is CC(C)CN(CC(=O)Nc1nc(CC(=O)NCCc2ccccc2)cs1)C(=O)c1ccc(Cl)cc1Cl. The molecule has 2 N–H and O–H groups in total. The predicted molar refractivity (Wildman–Crippen MR) is 145 cm³/mol. The van der Waals surface area contributed by atoms with Gasteiger partial charge in [0, 0.05) is 23.5 Å². The second kappa shape index (κ2) is 13.4. The van der Waals surface area contributed by atoms with E-state index in [1.54, 1.807) is 17.5 Å². The Hall–Kier alpha value is -2.94. The fourth-order valence-corrected chi connectivity index (χ4v) is 4.70. The molecule has 190 valence electrons. The molecule has 36 heavy (non-hydrogen) atoms. The van der Waals surface area contributed by atoms with Crippen LogP contribution in [0.15, 0.2) is 53.9 Å². The fraction of sp³-hybridized carbons (Fsp3) is 0.308. The highest BCUT2D eigenvalue weighted by molar-refractivity contribution is 7.13. The topological polar surface area (TPSA) is 91.4 Å². The van der Waals surface area contributed by atoms with Gasteiger partial charge in [0.1, 0.15) is 6.54 Å². The zero-order chi connectivity index (χ0) is 26.1. The van der Waals surface area contributed by atoms with E-state index in [1.807, 2.05) is 44.2 Å². The minimum absolute atomic E-state index is 0.119. The Morgan fingerprint density at radius 3 is 2.50 bits per heavy atom. The van der Waals surface area contributed by atoms with Gasteiger partial charge >= 0.3 is 0 Å². The van der Waals surface area contributed by atoms with Crippen LogP contribution in [-0.4, -0.2) is 47.2 Å². The molecular weight excluding hydrogens is 519 g/mol. The Morgan fingerprint density at radius 2 is 1.81 bits per heavy atom. The van der Waals surface area contributed by atoms with Gasteiger partial charge in [0.25, 0.3) is 5.91 Å². The highest BCUT2D eigenvalue weighted by Crippen LogP contribution is 2.23. The van der Waals surface area contributed by atoms with Crippen LogP contribution in [-0.2, 0) is 22.4 Å². The lowest BCUT2D eigenvalue weighted by molar-refractivity contribution is -0.120. The highest BCUT2D eigenvalue weighted by Gasteiger charge is 2.22. The maximum Gasteiger partial charge on any atom is 0.255 e. The summed E-state index contributed by atoms with van der Waals surface area (Å²) < 4.78 is 0. The van der Waals surface area contributed by atoms with Gasteiger partial charge in [-0.2, -0.15) is 0 Å². The van der Waals surface area contributed by atoms with Crippen LogP contribution in [0.25, 0.3) is 0 Å². The van der Waals surface area contributed by atoms with E-state index in [9.17, 15) is 14.4 Å². The van der Waals surface area contributed by atoms with Crippen molar-refractivity contribution in [1.82, 2.24) is 15.2 Å². The van der Waals surface area contributed by atoms with E-state index in [2.05, 4.69) is 15.6 Å². The summed E-state index contributed by atoms with van der Waals surface area (Å²) in [5.74, 6) is -0.739. The number of carbonyl (C=O) groups is 3. The molecule has 0 saturated carbocycles. The number of benzene rings is 2. The van der Waals surface area contributed by atoms with E-state index < -0.39 is 0 Å². The van der Waals surface area contributed by atoms with Gasteiger partial charge in [-0.25, -0.2) is 4.98 Å². The van der Waals surface area contributed by atoms with Gasteiger partial charge in [-0.3, -0.25) is 14.4 Å². The Labute approximate surface area is 224 Å². The number of thiazole rings is 1. The first-order valence-corrected chi connectivity index (χ1v) is 13.1. The van der Waals surface area contributed by atoms with Crippen molar-refractivity contribution in [3.05, 3.63) is 80.8 Å². The van der Waals surface area contributed by atoms with E-state index in [0.717, 1.165) is 12.0 Å². The number of amides is 3. The first-order valence-electron chi connectivity index (χ1n) is 11.5. The third kappa shape index (κ3) is 8.62. The molecule has 1 heterocycles. The largest absolute Gasteiger partial charge is 0.355 e. The number of hydrogen-bond donors (Lipinski definition) is 2. The maximum absolute atomic E-state index is 13.1. The molecule has 3 rings (SSSR count). The van der Waals surface area contributed by atoms with Crippen LogP contribution < -0.4 is 10.6 Å². The average molecular weight is 548 g/mol. The quantitative estimate of drug-likeness (QED) is 0.350. The molecule has 2 aromatic carbocycles. The molecule has 1 aromatic heterocycles. The number of nitrogens with one attached hydrogen (secondary N) is 2. The lowest BCUT2D eigenvalue weighted by Crippen LogP contribution is -2.40. The average Bonchev–Trinajstić information content (AvgIpc) is 3.25. The Kier molecular flexibility index (Phi) is 10.3. The summed E-state index contributed by atoms with van der Waals surface area (Å²) in [5.41, 5.74) is 2.00. The molecule has 0 saturated heterocycles. The molecule has 10 heteroatoms. The first kappa shape index (κ1) is 27.6. The summed E-state index contributed by atoms with van der Waals surface area (Å²) in [4.78, 5) is 43.8. The van der Waals surface area contributed by atoms with Gasteiger partial charge in [-0.05, 0) is 36.1 Å². The summed E-state index contributed by atoms with van der Waals surface area (Å²) >= 11 is 13.4.